The summed E-state index contributed by atoms with van der Waals surface area (Å²) in [5.41, 5.74) is 0.0749. The van der Waals surface area contributed by atoms with Gasteiger partial charge >= 0.3 is 5.69 Å². The van der Waals surface area contributed by atoms with Crippen LogP contribution in [-0.2, 0) is 14.6 Å². The molecule has 0 aromatic heterocycles. The first-order valence-electron chi connectivity index (χ1n) is 7.87. The maximum absolute atomic E-state index is 14.0. The Kier molecular flexibility index (Phi) is 4.92. The van der Waals surface area contributed by atoms with Crippen molar-refractivity contribution in [2.24, 2.45) is 0 Å². The molecule has 0 amide bonds. The highest BCUT2D eigenvalue weighted by molar-refractivity contribution is 7.90. The Bertz CT molecular complexity index is 948. The van der Waals surface area contributed by atoms with Crippen molar-refractivity contribution in [3.63, 3.8) is 0 Å². The SMILES string of the molecule is CS(=O)(=O)c1cccc(N2CCOC(c3ccccc3F)C2)c1[N+](=O)[O-]. The highest BCUT2D eigenvalue weighted by Gasteiger charge is 2.32. The van der Waals surface area contributed by atoms with Gasteiger partial charge in [-0.25, -0.2) is 12.8 Å². The minimum Gasteiger partial charge on any atom is -0.370 e. The molecular formula is C17H17FN2O5S. The number of hydrogen-bond donors (Lipinski definition) is 0. The first-order valence-corrected chi connectivity index (χ1v) is 9.76. The second kappa shape index (κ2) is 7.00. The Labute approximate surface area is 150 Å². The van der Waals surface area contributed by atoms with Crippen LogP contribution in [-0.4, -0.2) is 39.3 Å². The van der Waals surface area contributed by atoms with Crippen LogP contribution in [0.5, 0.6) is 0 Å². The molecule has 3 rings (SSSR count). The predicted molar refractivity (Wildman–Crippen MR) is 93.5 cm³/mol. The molecule has 2 aromatic rings. The van der Waals surface area contributed by atoms with Crippen molar-refractivity contribution >= 4 is 21.2 Å². The number of nitro benzene ring substituents is 1. The molecule has 0 aliphatic carbocycles. The third-order valence-corrected chi connectivity index (χ3v) is 5.35. The van der Waals surface area contributed by atoms with E-state index in [0.29, 0.717) is 12.1 Å². The van der Waals surface area contributed by atoms with Crippen molar-refractivity contribution in [1.29, 1.82) is 0 Å². The van der Waals surface area contributed by atoms with Crippen LogP contribution < -0.4 is 4.90 Å². The van der Waals surface area contributed by atoms with Gasteiger partial charge in [-0.1, -0.05) is 24.3 Å². The van der Waals surface area contributed by atoms with Gasteiger partial charge in [-0.05, 0) is 18.2 Å². The van der Waals surface area contributed by atoms with E-state index in [0.717, 1.165) is 6.26 Å². The summed E-state index contributed by atoms with van der Waals surface area (Å²) in [6.07, 6.45) is 0.326. The molecular weight excluding hydrogens is 363 g/mol. The summed E-state index contributed by atoms with van der Waals surface area (Å²) in [6, 6.07) is 10.4. The molecule has 1 aliphatic heterocycles. The Balaban J connectivity index is 2.01. The van der Waals surface area contributed by atoms with Crippen molar-refractivity contribution < 1.29 is 22.5 Å². The number of rotatable bonds is 4. The van der Waals surface area contributed by atoms with Gasteiger partial charge in [0.15, 0.2) is 9.84 Å². The third-order valence-electron chi connectivity index (χ3n) is 4.22. The summed E-state index contributed by atoms with van der Waals surface area (Å²) in [5.74, 6) is -0.418. The molecule has 1 unspecified atom stereocenters. The van der Waals surface area contributed by atoms with Gasteiger partial charge in [0.25, 0.3) is 0 Å². The number of nitro groups is 1. The van der Waals surface area contributed by atoms with Crippen LogP contribution in [0.2, 0.25) is 0 Å². The maximum Gasteiger partial charge on any atom is 0.311 e. The van der Waals surface area contributed by atoms with Crippen LogP contribution in [0.15, 0.2) is 47.4 Å². The average molecular weight is 380 g/mol. The molecule has 7 nitrogen and oxygen atoms in total. The van der Waals surface area contributed by atoms with Gasteiger partial charge in [0, 0.05) is 24.9 Å². The second-order valence-corrected chi connectivity index (χ2v) is 7.96. The zero-order valence-electron chi connectivity index (χ0n) is 14.0. The first kappa shape index (κ1) is 18.3. The van der Waals surface area contributed by atoms with Crippen molar-refractivity contribution in [2.45, 2.75) is 11.0 Å². The molecule has 0 spiro atoms. The fraction of sp³-hybridized carbons (Fsp3) is 0.294. The van der Waals surface area contributed by atoms with E-state index in [4.69, 9.17) is 4.74 Å². The topological polar surface area (TPSA) is 89.8 Å². The van der Waals surface area contributed by atoms with E-state index in [1.54, 1.807) is 23.1 Å². The zero-order chi connectivity index (χ0) is 18.9. The van der Waals surface area contributed by atoms with Crippen molar-refractivity contribution in [3.05, 3.63) is 64.0 Å². The predicted octanol–water partition coefficient (Wildman–Crippen LogP) is 2.72. The molecule has 9 heteroatoms. The Morgan fingerprint density at radius 2 is 1.96 bits per heavy atom. The van der Waals surface area contributed by atoms with Crippen molar-refractivity contribution in [2.75, 3.05) is 30.9 Å². The number of ether oxygens (including phenoxy) is 1. The molecule has 0 saturated carbocycles. The minimum absolute atomic E-state index is 0.176. The number of para-hydroxylation sites is 1. The number of hydrogen-bond acceptors (Lipinski definition) is 6. The van der Waals surface area contributed by atoms with Crippen LogP contribution in [0.25, 0.3) is 0 Å². The molecule has 26 heavy (non-hydrogen) atoms. The molecule has 0 radical (unpaired) electrons. The summed E-state index contributed by atoms with van der Waals surface area (Å²) >= 11 is 0. The normalized spacial score (nSPS) is 17.9. The largest absolute Gasteiger partial charge is 0.370 e. The van der Waals surface area contributed by atoms with E-state index in [-0.39, 0.29) is 23.7 Å². The fourth-order valence-corrected chi connectivity index (χ4v) is 3.90. The van der Waals surface area contributed by atoms with E-state index < -0.39 is 32.4 Å². The van der Waals surface area contributed by atoms with Gasteiger partial charge in [0.05, 0.1) is 11.5 Å². The Morgan fingerprint density at radius 3 is 2.62 bits per heavy atom. The average Bonchev–Trinajstić information content (AvgIpc) is 2.61. The van der Waals surface area contributed by atoms with Gasteiger partial charge in [-0.2, -0.15) is 0 Å². The van der Waals surface area contributed by atoms with E-state index in [1.807, 2.05) is 0 Å². The molecule has 0 N–H and O–H groups in total. The summed E-state index contributed by atoms with van der Waals surface area (Å²) in [5, 5.41) is 11.6. The van der Waals surface area contributed by atoms with Gasteiger partial charge in [0.1, 0.15) is 22.5 Å². The lowest BCUT2D eigenvalue weighted by Crippen LogP contribution is -2.39. The molecule has 2 aromatic carbocycles. The summed E-state index contributed by atoms with van der Waals surface area (Å²) in [7, 11) is -3.77. The number of benzene rings is 2. The van der Waals surface area contributed by atoms with E-state index >= 15 is 0 Å². The molecule has 0 bridgehead atoms. The second-order valence-electron chi connectivity index (χ2n) is 5.98. The molecule has 1 saturated heterocycles. The van der Waals surface area contributed by atoms with Crippen LogP contribution in [0.3, 0.4) is 0 Å². The van der Waals surface area contributed by atoms with Gasteiger partial charge < -0.3 is 9.64 Å². The fourth-order valence-electron chi connectivity index (χ4n) is 3.04. The summed E-state index contributed by atoms with van der Waals surface area (Å²) < 4.78 is 43.5. The number of morpholine rings is 1. The van der Waals surface area contributed by atoms with E-state index in [2.05, 4.69) is 0 Å². The summed E-state index contributed by atoms with van der Waals surface area (Å²) in [4.78, 5) is 12.2. The molecule has 1 heterocycles. The van der Waals surface area contributed by atoms with E-state index in [1.165, 1.54) is 24.3 Å². The smallest absolute Gasteiger partial charge is 0.311 e. The highest BCUT2D eigenvalue weighted by atomic mass is 32.2. The Morgan fingerprint density at radius 1 is 1.23 bits per heavy atom. The van der Waals surface area contributed by atoms with Crippen LogP contribution in [0.4, 0.5) is 15.8 Å². The van der Waals surface area contributed by atoms with Crippen LogP contribution in [0.1, 0.15) is 11.7 Å². The monoisotopic (exact) mass is 380 g/mol. The lowest BCUT2D eigenvalue weighted by atomic mass is 10.1. The lowest BCUT2D eigenvalue weighted by molar-refractivity contribution is -0.387. The van der Waals surface area contributed by atoms with E-state index in [9.17, 15) is 22.9 Å². The number of sulfone groups is 1. The highest BCUT2D eigenvalue weighted by Crippen LogP contribution is 2.37. The lowest BCUT2D eigenvalue weighted by Gasteiger charge is -2.34. The number of anilines is 1. The van der Waals surface area contributed by atoms with Crippen molar-refractivity contribution in [3.8, 4) is 0 Å². The third kappa shape index (κ3) is 3.54. The summed E-state index contributed by atoms with van der Waals surface area (Å²) in [6.45, 7) is 0.743. The van der Waals surface area contributed by atoms with Crippen molar-refractivity contribution in [1.82, 2.24) is 0 Å². The Hall–Kier alpha value is -2.52. The first-order chi connectivity index (χ1) is 12.3. The quantitative estimate of drug-likeness (QED) is 0.598. The molecule has 1 atom stereocenters. The maximum atomic E-state index is 14.0. The van der Waals surface area contributed by atoms with Crippen LogP contribution >= 0.6 is 0 Å². The molecule has 138 valence electrons. The zero-order valence-corrected chi connectivity index (χ0v) is 14.8. The van der Waals surface area contributed by atoms with Crippen LogP contribution in [0, 0.1) is 15.9 Å². The van der Waals surface area contributed by atoms with Gasteiger partial charge in [-0.15, -0.1) is 0 Å². The minimum atomic E-state index is -3.77. The molecule has 1 aliphatic rings. The number of nitrogens with zero attached hydrogens (tertiary/aromatic N) is 2. The van der Waals surface area contributed by atoms with Gasteiger partial charge in [-0.3, -0.25) is 10.1 Å². The van der Waals surface area contributed by atoms with Gasteiger partial charge in [0.2, 0.25) is 0 Å². The standard InChI is InChI=1S/C17H17FN2O5S/c1-26(23,24)16-8-4-7-14(17(16)20(21)22)19-9-10-25-15(11-19)12-5-2-3-6-13(12)18/h2-8,15H,9-11H2,1H3. The number of halogens is 1. The molecule has 1 fully saturated rings.